The Morgan fingerprint density at radius 3 is 2.69 bits per heavy atom. The van der Waals surface area contributed by atoms with E-state index in [1.807, 2.05) is 13.0 Å². The van der Waals surface area contributed by atoms with Crippen molar-refractivity contribution in [2.24, 2.45) is 0 Å². The van der Waals surface area contributed by atoms with Crippen LogP contribution >= 0.6 is 12.6 Å². The van der Waals surface area contributed by atoms with Crippen molar-refractivity contribution in [1.82, 2.24) is 0 Å². The van der Waals surface area contributed by atoms with Crippen molar-refractivity contribution in [3.8, 4) is 6.07 Å². The highest BCUT2D eigenvalue weighted by Gasteiger charge is 2.16. The van der Waals surface area contributed by atoms with Gasteiger partial charge in [0.05, 0.1) is 17.7 Å². The molecule has 0 saturated carbocycles. The van der Waals surface area contributed by atoms with Gasteiger partial charge >= 0.3 is 5.97 Å². The van der Waals surface area contributed by atoms with Crippen LogP contribution in [0.4, 0.5) is 0 Å². The zero-order chi connectivity index (χ0) is 12.1. The number of ether oxygens (including phenoxy) is 1. The van der Waals surface area contributed by atoms with Crippen LogP contribution in [0.25, 0.3) is 0 Å². The molecule has 1 aromatic rings. The Balaban J connectivity index is 3.27. The highest BCUT2D eigenvalue weighted by Crippen LogP contribution is 2.23. The molecule has 0 fully saturated rings. The van der Waals surface area contributed by atoms with Gasteiger partial charge in [-0.3, -0.25) is 0 Å². The fraction of sp³-hybridized carbons (Fsp3) is 0.333. The third-order valence-corrected chi connectivity index (χ3v) is 2.76. The van der Waals surface area contributed by atoms with Crippen LogP contribution in [0, 0.1) is 11.3 Å². The molecule has 0 amide bonds. The van der Waals surface area contributed by atoms with E-state index in [1.54, 1.807) is 19.1 Å². The number of hydrogen-bond donors (Lipinski definition) is 1. The highest BCUT2D eigenvalue weighted by molar-refractivity contribution is 7.80. The summed E-state index contributed by atoms with van der Waals surface area (Å²) in [6.45, 7) is 3.99. The molecule has 0 unspecified atom stereocenters. The van der Waals surface area contributed by atoms with Crippen molar-refractivity contribution in [2.45, 2.75) is 25.2 Å². The summed E-state index contributed by atoms with van der Waals surface area (Å²) >= 11 is 4.27. The zero-order valence-electron chi connectivity index (χ0n) is 9.28. The molecule has 1 rings (SSSR count). The summed E-state index contributed by atoms with van der Waals surface area (Å²) in [6.07, 6.45) is 0.774. The van der Waals surface area contributed by atoms with Gasteiger partial charge in [-0.1, -0.05) is 13.0 Å². The molecule has 0 aromatic heterocycles. The van der Waals surface area contributed by atoms with Crippen molar-refractivity contribution in [3.63, 3.8) is 0 Å². The normalized spacial score (nSPS) is 9.62. The van der Waals surface area contributed by atoms with E-state index >= 15 is 0 Å². The lowest BCUT2D eigenvalue weighted by Crippen LogP contribution is -2.08. The smallest absolute Gasteiger partial charge is 0.339 e. The molecule has 0 aliphatic carbocycles. The second-order valence-electron chi connectivity index (χ2n) is 3.18. The Morgan fingerprint density at radius 1 is 1.50 bits per heavy atom. The zero-order valence-corrected chi connectivity index (χ0v) is 10.2. The predicted molar refractivity (Wildman–Crippen MR) is 63.7 cm³/mol. The van der Waals surface area contributed by atoms with Gasteiger partial charge in [0.2, 0.25) is 0 Å². The second-order valence-corrected chi connectivity index (χ2v) is 3.63. The van der Waals surface area contributed by atoms with Crippen molar-refractivity contribution in [3.05, 3.63) is 28.8 Å². The maximum atomic E-state index is 11.6. The van der Waals surface area contributed by atoms with Crippen LogP contribution < -0.4 is 0 Å². The first kappa shape index (κ1) is 12.6. The van der Waals surface area contributed by atoms with E-state index in [4.69, 9.17) is 10.00 Å². The van der Waals surface area contributed by atoms with Crippen LogP contribution in [0.5, 0.6) is 0 Å². The number of thiol groups is 1. The third kappa shape index (κ3) is 2.37. The summed E-state index contributed by atoms with van der Waals surface area (Å²) in [5.41, 5.74) is 1.53. The number of carbonyl (C=O) groups is 1. The van der Waals surface area contributed by atoms with Gasteiger partial charge < -0.3 is 4.74 Å². The molecule has 0 heterocycles. The molecule has 84 valence electrons. The van der Waals surface area contributed by atoms with E-state index in [-0.39, 0.29) is 5.56 Å². The number of nitrogens with zero attached hydrogens (tertiary/aromatic N) is 1. The van der Waals surface area contributed by atoms with Gasteiger partial charge in [0.1, 0.15) is 6.07 Å². The van der Waals surface area contributed by atoms with E-state index < -0.39 is 5.97 Å². The van der Waals surface area contributed by atoms with Crippen molar-refractivity contribution < 1.29 is 9.53 Å². The largest absolute Gasteiger partial charge is 0.462 e. The molecule has 1 aromatic carbocycles. The molecule has 4 heteroatoms. The van der Waals surface area contributed by atoms with Crippen LogP contribution in [0.1, 0.15) is 35.3 Å². The quantitative estimate of drug-likeness (QED) is 0.647. The van der Waals surface area contributed by atoms with Crippen LogP contribution in [0.3, 0.4) is 0 Å². The number of carbonyl (C=O) groups excluding carboxylic acids is 1. The van der Waals surface area contributed by atoms with Gasteiger partial charge in [-0.2, -0.15) is 5.26 Å². The maximum Gasteiger partial charge on any atom is 0.339 e. The average Bonchev–Trinajstić information content (AvgIpc) is 2.28. The van der Waals surface area contributed by atoms with Gasteiger partial charge in [-0.05, 0) is 25.0 Å². The fourth-order valence-corrected chi connectivity index (χ4v) is 1.81. The lowest BCUT2D eigenvalue weighted by molar-refractivity contribution is 0.0525. The minimum atomic E-state index is -0.475. The van der Waals surface area contributed by atoms with Crippen LogP contribution in [-0.4, -0.2) is 12.6 Å². The fourth-order valence-electron chi connectivity index (χ4n) is 1.41. The molecular formula is C12H13NO2S. The molecule has 3 nitrogen and oxygen atoms in total. The second kappa shape index (κ2) is 5.57. The molecule has 0 saturated heterocycles. The maximum absolute atomic E-state index is 11.6. The molecule has 0 aliphatic rings. The number of aryl methyl sites for hydroxylation is 1. The van der Waals surface area contributed by atoms with Gasteiger partial charge in [-0.15, -0.1) is 12.6 Å². The van der Waals surface area contributed by atoms with Gasteiger partial charge in [-0.25, -0.2) is 4.79 Å². The van der Waals surface area contributed by atoms with Gasteiger partial charge in [0.25, 0.3) is 0 Å². The summed E-state index contributed by atoms with van der Waals surface area (Å²) in [4.78, 5) is 12.1. The first-order chi connectivity index (χ1) is 7.65. The lowest BCUT2D eigenvalue weighted by Gasteiger charge is -2.08. The number of benzene rings is 1. The minimum Gasteiger partial charge on any atom is -0.462 e. The number of hydrogen-bond acceptors (Lipinski definition) is 4. The first-order valence-electron chi connectivity index (χ1n) is 5.07. The Bertz CT molecular complexity index is 449. The molecular weight excluding hydrogens is 222 g/mol. The summed E-state index contributed by atoms with van der Waals surface area (Å²) in [6, 6.07) is 5.42. The van der Waals surface area contributed by atoms with Gasteiger partial charge in [0, 0.05) is 4.90 Å². The summed E-state index contributed by atoms with van der Waals surface area (Å²) < 4.78 is 4.87. The lowest BCUT2D eigenvalue weighted by atomic mass is 10.0. The molecule has 0 spiro atoms. The number of esters is 1. The predicted octanol–water partition coefficient (Wildman–Crippen LogP) is 2.59. The minimum absolute atomic E-state index is 0.284. The molecule has 0 bridgehead atoms. The molecule has 0 radical (unpaired) electrons. The average molecular weight is 235 g/mol. The number of nitriles is 1. The van der Waals surface area contributed by atoms with E-state index in [1.165, 1.54) is 0 Å². The Kier molecular flexibility index (Phi) is 4.39. The highest BCUT2D eigenvalue weighted by atomic mass is 32.1. The van der Waals surface area contributed by atoms with E-state index in [0.29, 0.717) is 17.1 Å². The molecule has 0 atom stereocenters. The summed E-state index contributed by atoms with van der Waals surface area (Å²) in [5, 5.41) is 9.03. The van der Waals surface area contributed by atoms with E-state index in [2.05, 4.69) is 12.6 Å². The Labute approximate surface area is 100 Å². The van der Waals surface area contributed by atoms with Crippen molar-refractivity contribution in [1.29, 1.82) is 5.26 Å². The SMILES string of the molecule is CCOC(=O)c1ccc(CC)c(S)c1C#N. The Hall–Kier alpha value is -1.47. The van der Waals surface area contributed by atoms with Crippen LogP contribution in [0.15, 0.2) is 17.0 Å². The van der Waals surface area contributed by atoms with Crippen molar-refractivity contribution >= 4 is 18.6 Å². The third-order valence-electron chi connectivity index (χ3n) is 2.25. The first-order valence-corrected chi connectivity index (χ1v) is 5.52. The molecule has 0 N–H and O–H groups in total. The van der Waals surface area contributed by atoms with Crippen LogP contribution in [0.2, 0.25) is 0 Å². The molecule has 0 aliphatic heterocycles. The summed E-state index contributed by atoms with van der Waals surface area (Å²) in [5.74, 6) is -0.475. The van der Waals surface area contributed by atoms with Gasteiger partial charge in [0.15, 0.2) is 0 Å². The van der Waals surface area contributed by atoms with E-state index in [9.17, 15) is 4.79 Å². The van der Waals surface area contributed by atoms with Crippen molar-refractivity contribution in [2.75, 3.05) is 6.61 Å². The standard InChI is InChI=1S/C12H13NO2S/c1-3-8-5-6-9(12(14)15-4-2)10(7-13)11(8)16/h5-6,16H,3-4H2,1-2H3. The number of rotatable bonds is 3. The monoisotopic (exact) mass is 235 g/mol. The van der Waals surface area contributed by atoms with Crippen LogP contribution in [-0.2, 0) is 11.2 Å². The summed E-state index contributed by atoms with van der Waals surface area (Å²) in [7, 11) is 0. The topological polar surface area (TPSA) is 50.1 Å². The van der Waals surface area contributed by atoms with E-state index in [0.717, 1.165) is 12.0 Å². The molecule has 16 heavy (non-hydrogen) atoms. The Morgan fingerprint density at radius 2 is 2.19 bits per heavy atom.